The van der Waals surface area contributed by atoms with Crippen LogP contribution in [0.25, 0.3) is 0 Å². The molecule has 1 fully saturated rings. The number of methoxy groups -OCH3 is 1. The molecule has 19 heavy (non-hydrogen) atoms. The van der Waals surface area contributed by atoms with Gasteiger partial charge in [-0.05, 0) is 30.7 Å². The van der Waals surface area contributed by atoms with Crippen molar-refractivity contribution in [3.63, 3.8) is 0 Å². The first kappa shape index (κ1) is 13.4. The highest BCUT2D eigenvalue weighted by molar-refractivity contribution is 5.79. The first-order valence-electron chi connectivity index (χ1n) is 6.09. The molecule has 2 atom stereocenters. The lowest BCUT2D eigenvalue weighted by atomic mass is 10.1. The molecule has 0 saturated carbocycles. The molecule has 1 aliphatic rings. The molecule has 0 aromatic heterocycles. The summed E-state index contributed by atoms with van der Waals surface area (Å²) in [6.45, 7) is 2.40. The zero-order valence-corrected chi connectivity index (χ0v) is 11.0. The molecule has 1 aromatic rings. The second kappa shape index (κ2) is 5.29. The Morgan fingerprint density at radius 3 is 2.84 bits per heavy atom. The summed E-state index contributed by atoms with van der Waals surface area (Å²) in [5, 5.41) is 18.2. The Hall–Kier alpha value is -2.06. The van der Waals surface area contributed by atoms with Crippen LogP contribution in [0.3, 0.4) is 0 Å². The number of hydrogen-bond acceptors (Lipinski definition) is 4. The minimum absolute atomic E-state index is 0.0722. The summed E-state index contributed by atoms with van der Waals surface area (Å²) < 4.78 is 5.26. The fourth-order valence-electron chi connectivity index (χ4n) is 2.44. The van der Waals surface area contributed by atoms with Gasteiger partial charge in [0.25, 0.3) is 0 Å². The molecule has 0 aliphatic carbocycles. The predicted molar refractivity (Wildman–Crippen MR) is 70.1 cm³/mol. The van der Waals surface area contributed by atoms with E-state index in [4.69, 9.17) is 10.00 Å². The average molecular weight is 260 g/mol. The SMILES string of the molecule is COC1CC(C(=O)O)N(c2ccc(C#N)c(C)c2)C1. The van der Waals surface area contributed by atoms with Crippen molar-refractivity contribution in [1.82, 2.24) is 0 Å². The molecule has 1 N–H and O–H groups in total. The maximum absolute atomic E-state index is 11.3. The third-order valence-electron chi connectivity index (χ3n) is 3.54. The molecule has 1 aliphatic heterocycles. The Morgan fingerprint density at radius 1 is 1.58 bits per heavy atom. The summed E-state index contributed by atoms with van der Waals surface area (Å²) in [6.07, 6.45) is 0.405. The molecule has 5 heteroatoms. The first-order chi connectivity index (χ1) is 9.06. The Morgan fingerprint density at radius 2 is 2.32 bits per heavy atom. The van der Waals surface area contributed by atoms with Gasteiger partial charge < -0.3 is 14.7 Å². The maximum Gasteiger partial charge on any atom is 0.326 e. The first-order valence-corrected chi connectivity index (χ1v) is 6.09. The van der Waals surface area contributed by atoms with Gasteiger partial charge in [0.1, 0.15) is 6.04 Å². The van der Waals surface area contributed by atoms with Crippen LogP contribution in [0.1, 0.15) is 17.5 Å². The monoisotopic (exact) mass is 260 g/mol. The van der Waals surface area contributed by atoms with Crippen LogP contribution in [0.15, 0.2) is 18.2 Å². The highest BCUT2D eigenvalue weighted by Crippen LogP contribution is 2.28. The smallest absolute Gasteiger partial charge is 0.326 e. The van der Waals surface area contributed by atoms with Crippen LogP contribution in [0.2, 0.25) is 0 Å². The summed E-state index contributed by atoms with van der Waals surface area (Å²) in [6, 6.07) is 6.91. The minimum Gasteiger partial charge on any atom is -0.480 e. The van der Waals surface area contributed by atoms with Crippen molar-refractivity contribution in [2.24, 2.45) is 0 Å². The molecule has 2 rings (SSSR count). The number of carboxylic acid groups (broad SMARTS) is 1. The van der Waals surface area contributed by atoms with Gasteiger partial charge in [0.2, 0.25) is 0 Å². The van der Waals surface area contributed by atoms with E-state index >= 15 is 0 Å². The number of nitriles is 1. The van der Waals surface area contributed by atoms with Crippen LogP contribution in [0.5, 0.6) is 0 Å². The van der Waals surface area contributed by atoms with E-state index in [1.54, 1.807) is 19.2 Å². The van der Waals surface area contributed by atoms with E-state index in [1.165, 1.54) is 0 Å². The van der Waals surface area contributed by atoms with Gasteiger partial charge in [-0.15, -0.1) is 0 Å². The van der Waals surface area contributed by atoms with E-state index in [1.807, 2.05) is 17.9 Å². The van der Waals surface area contributed by atoms with E-state index in [9.17, 15) is 9.90 Å². The number of aryl methyl sites for hydroxylation is 1. The second-order valence-corrected chi connectivity index (χ2v) is 4.71. The molecule has 0 bridgehead atoms. The van der Waals surface area contributed by atoms with E-state index in [-0.39, 0.29) is 6.10 Å². The van der Waals surface area contributed by atoms with Crippen LogP contribution >= 0.6 is 0 Å². The third kappa shape index (κ3) is 2.54. The second-order valence-electron chi connectivity index (χ2n) is 4.71. The van der Waals surface area contributed by atoms with Gasteiger partial charge in [-0.3, -0.25) is 0 Å². The van der Waals surface area contributed by atoms with Crippen LogP contribution in [-0.4, -0.2) is 36.9 Å². The fraction of sp³-hybridized carbons (Fsp3) is 0.429. The van der Waals surface area contributed by atoms with Crippen molar-refractivity contribution >= 4 is 11.7 Å². The van der Waals surface area contributed by atoms with Crippen molar-refractivity contribution < 1.29 is 14.6 Å². The van der Waals surface area contributed by atoms with Crippen molar-refractivity contribution in [2.75, 3.05) is 18.6 Å². The van der Waals surface area contributed by atoms with Gasteiger partial charge in [0.15, 0.2) is 0 Å². The largest absolute Gasteiger partial charge is 0.480 e. The van der Waals surface area contributed by atoms with Crippen molar-refractivity contribution in [2.45, 2.75) is 25.5 Å². The van der Waals surface area contributed by atoms with E-state index in [0.29, 0.717) is 18.5 Å². The number of rotatable bonds is 3. The zero-order valence-electron chi connectivity index (χ0n) is 11.0. The third-order valence-corrected chi connectivity index (χ3v) is 3.54. The summed E-state index contributed by atoms with van der Waals surface area (Å²) in [7, 11) is 1.59. The van der Waals surface area contributed by atoms with Gasteiger partial charge in [0, 0.05) is 25.8 Å². The molecular weight excluding hydrogens is 244 g/mol. The van der Waals surface area contributed by atoms with Crippen LogP contribution in [0, 0.1) is 18.3 Å². The summed E-state index contributed by atoms with van der Waals surface area (Å²) in [4.78, 5) is 13.1. The lowest BCUT2D eigenvalue weighted by Gasteiger charge is -2.24. The average Bonchev–Trinajstić information content (AvgIpc) is 2.83. The minimum atomic E-state index is -0.846. The molecule has 0 radical (unpaired) electrons. The standard InChI is InChI=1S/C14H16N2O3/c1-9-5-11(4-3-10(9)7-15)16-8-12(19-2)6-13(16)14(17)18/h3-5,12-13H,6,8H2,1-2H3,(H,17,18). The lowest BCUT2D eigenvalue weighted by Crippen LogP contribution is -2.36. The van der Waals surface area contributed by atoms with E-state index < -0.39 is 12.0 Å². The van der Waals surface area contributed by atoms with Gasteiger partial charge in [-0.2, -0.15) is 5.26 Å². The number of carboxylic acids is 1. The van der Waals surface area contributed by atoms with Gasteiger partial charge in [-0.1, -0.05) is 0 Å². The maximum atomic E-state index is 11.3. The summed E-state index contributed by atoms with van der Waals surface area (Å²) in [5.74, 6) is -0.846. The number of ether oxygens (including phenoxy) is 1. The molecular formula is C14H16N2O3. The molecule has 1 aromatic carbocycles. The molecule has 1 heterocycles. The van der Waals surface area contributed by atoms with Crippen molar-refractivity contribution in [3.05, 3.63) is 29.3 Å². The molecule has 2 unspecified atom stereocenters. The Kier molecular flexibility index (Phi) is 3.72. The molecule has 100 valence electrons. The number of aliphatic carboxylic acids is 1. The number of anilines is 1. The number of carbonyl (C=O) groups is 1. The quantitative estimate of drug-likeness (QED) is 0.892. The van der Waals surface area contributed by atoms with Gasteiger partial charge in [0.05, 0.1) is 17.7 Å². The molecule has 5 nitrogen and oxygen atoms in total. The van der Waals surface area contributed by atoms with Crippen molar-refractivity contribution in [3.8, 4) is 6.07 Å². The summed E-state index contributed by atoms with van der Waals surface area (Å²) in [5.41, 5.74) is 2.28. The summed E-state index contributed by atoms with van der Waals surface area (Å²) >= 11 is 0. The van der Waals surface area contributed by atoms with Gasteiger partial charge >= 0.3 is 5.97 Å². The highest BCUT2D eigenvalue weighted by Gasteiger charge is 2.37. The molecule has 0 amide bonds. The Balaban J connectivity index is 2.32. The molecule has 1 saturated heterocycles. The predicted octanol–water partition coefficient (Wildman–Crippen LogP) is 1.54. The van der Waals surface area contributed by atoms with E-state index in [2.05, 4.69) is 6.07 Å². The van der Waals surface area contributed by atoms with Crippen LogP contribution in [-0.2, 0) is 9.53 Å². The number of nitrogens with zero attached hydrogens (tertiary/aromatic N) is 2. The highest BCUT2D eigenvalue weighted by atomic mass is 16.5. The van der Waals surface area contributed by atoms with Gasteiger partial charge in [-0.25, -0.2) is 4.79 Å². The molecule has 0 spiro atoms. The van der Waals surface area contributed by atoms with Crippen LogP contribution < -0.4 is 4.90 Å². The number of hydrogen-bond donors (Lipinski definition) is 1. The Bertz CT molecular complexity index is 536. The topological polar surface area (TPSA) is 73.6 Å². The van der Waals surface area contributed by atoms with Crippen LogP contribution in [0.4, 0.5) is 5.69 Å². The fourth-order valence-corrected chi connectivity index (χ4v) is 2.44. The lowest BCUT2D eigenvalue weighted by molar-refractivity contribution is -0.138. The number of benzene rings is 1. The zero-order chi connectivity index (χ0) is 14.0. The van der Waals surface area contributed by atoms with Crippen molar-refractivity contribution in [1.29, 1.82) is 5.26 Å². The normalized spacial score (nSPS) is 22.3. The van der Waals surface area contributed by atoms with E-state index in [0.717, 1.165) is 11.3 Å². The Labute approximate surface area is 112 Å².